The standard InChI is InChI=1S/C21H20N4OS/c1-14-12-22-20(24-14)18-9-8-16(11-19(18)26-2)25-21-23-13-17(27-21)10-15-6-4-3-5-7-15/h3-9,11-13H,10H2,1-2H3,(H,22,24)(H,23,25). The van der Waals surface area contributed by atoms with E-state index in [0.717, 1.165) is 40.1 Å². The first-order chi connectivity index (χ1) is 13.2. The highest BCUT2D eigenvalue weighted by Gasteiger charge is 2.11. The summed E-state index contributed by atoms with van der Waals surface area (Å²) in [5.74, 6) is 1.56. The van der Waals surface area contributed by atoms with Crippen molar-refractivity contribution in [1.29, 1.82) is 0 Å². The molecule has 2 heterocycles. The summed E-state index contributed by atoms with van der Waals surface area (Å²) < 4.78 is 5.55. The van der Waals surface area contributed by atoms with Gasteiger partial charge in [-0.1, -0.05) is 30.3 Å². The average molecular weight is 376 g/mol. The highest BCUT2D eigenvalue weighted by Crippen LogP contribution is 2.32. The minimum absolute atomic E-state index is 0.760. The Morgan fingerprint density at radius 1 is 1.07 bits per heavy atom. The number of H-pyrrole nitrogens is 1. The molecule has 27 heavy (non-hydrogen) atoms. The van der Waals surface area contributed by atoms with E-state index in [1.54, 1.807) is 18.4 Å². The van der Waals surface area contributed by atoms with Crippen LogP contribution in [0.5, 0.6) is 5.75 Å². The lowest BCUT2D eigenvalue weighted by Crippen LogP contribution is -1.94. The minimum atomic E-state index is 0.760. The van der Waals surface area contributed by atoms with Crippen molar-refractivity contribution >= 4 is 22.2 Å². The molecule has 0 aliphatic rings. The third-order valence-electron chi connectivity index (χ3n) is 4.19. The molecule has 0 bridgehead atoms. The van der Waals surface area contributed by atoms with Gasteiger partial charge in [-0.2, -0.15) is 0 Å². The third kappa shape index (κ3) is 4.01. The first-order valence-corrected chi connectivity index (χ1v) is 9.48. The van der Waals surface area contributed by atoms with Crippen LogP contribution in [0, 0.1) is 6.92 Å². The molecule has 2 aromatic heterocycles. The lowest BCUT2D eigenvalue weighted by molar-refractivity contribution is 0.416. The number of ether oxygens (including phenoxy) is 1. The molecule has 2 N–H and O–H groups in total. The number of thiazole rings is 1. The third-order valence-corrected chi connectivity index (χ3v) is 5.10. The average Bonchev–Trinajstić information content (AvgIpc) is 3.31. The molecule has 0 radical (unpaired) electrons. The summed E-state index contributed by atoms with van der Waals surface area (Å²) in [7, 11) is 1.67. The van der Waals surface area contributed by atoms with Gasteiger partial charge in [0.1, 0.15) is 11.6 Å². The Bertz CT molecular complexity index is 1040. The van der Waals surface area contributed by atoms with Gasteiger partial charge in [-0.25, -0.2) is 9.97 Å². The largest absolute Gasteiger partial charge is 0.496 e. The van der Waals surface area contributed by atoms with Crippen LogP contribution < -0.4 is 10.1 Å². The Kier molecular flexibility index (Phi) is 4.89. The van der Waals surface area contributed by atoms with Crippen LogP contribution in [-0.2, 0) is 6.42 Å². The molecule has 0 saturated carbocycles. The second-order valence-electron chi connectivity index (χ2n) is 6.25. The molecule has 6 heteroatoms. The second kappa shape index (κ2) is 7.63. The van der Waals surface area contributed by atoms with Gasteiger partial charge in [-0.15, -0.1) is 11.3 Å². The number of aromatic amines is 1. The SMILES string of the molecule is COc1cc(Nc2ncc(Cc3ccccc3)s2)ccc1-c1ncc(C)[nH]1. The lowest BCUT2D eigenvalue weighted by atomic mass is 10.1. The molecule has 5 nitrogen and oxygen atoms in total. The van der Waals surface area contributed by atoms with Gasteiger partial charge in [-0.3, -0.25) is 0 Å². The maximum atomic E-state index is 5.55. The Labute approximate surface area is 162 Å². The molecule has 0 unspecified atom stereocenters. The van der Waals surface area contributed by atoms with Crippen molar-refractivity contribution in [1.82, 2.24) is 15.0 Å². The van der Waals surface area contributed by atoms with Crippen molar-refractivity contribution in [2.24, 2.45) is 0 Å². The number of anilines is 2. The number of nitrogens with one attached hydrogen (secondary N) is 2. The second-order valence-corrected chi connectivity index (χ2v) is 7.36. The molecule has 4 rings (SSSR count). The van der Waals surface area contributed by atoms with Gasteiger partial charge in [0, 0.05) is 41.1 Å². The van der Waals surface area contributed by atoms with E-state index >= 15 is 0 Å². The van der Waals surface area contributed by atoms with Crippen molar-refractivity contribution in [3.8, 4) is 17.1 Å². The zero-order valence-corrected chi connectivity index (χ0v) is 16.0. The molecule has 136 valence electrons. The number of hydrogen-bond donors (Lipinski definition) is 2. The number of aromatic nitrogens is 3. The maximum Gasteiger partial charge on any atom is 0.187 e. The van der Waals surface area contributed by atoms with Crippen LogP contribution in [0.3, 0.4) is 0 Å². The molecule has 2 aromatic carbocycles. The molecule has 0 saturated heterocycles. The molecule has 0 amide bonds. The van der Waals surface area contributed by atoms with E-state index in [1.807, 2.05) is 43.6 Å². The molecule has 0 aliphatic heterocycles. The number of hydrogen-bond acceptors (Lipinski definition) is 5. The predicted molar refractivity (Wildman–Crippen MR) is 110 cm³/mol. The summed E-state index contributed by atoms with van der Waals surface area (Å²) >= 11 is 1.66. The molecular weight excluding hydrogens is 356 g/mol. The lowest BCUT2D eigenvalue weighted by Gasteiger charge is -2.09. The first-order valence-electron chi connectivity index (χ1n) is 8.67. The zero-order valence-electron chi connectivity index (χ0n) is 15.2. The summed E-state index contributed by atoms with van der Waals surface area (Å²) in [6.07, 6.45) is 4.63. The van der Waals surface area contributed by atoms with E-state index in [0.29, 0.717) is 0 Å². The van der Waals surface area contributed by atoms with Gasteiger partial charge in [0.15, 0.2) is 5.13 Å². The van der Waals surface area contributed by atoms with Gasteiger partial charge in [0.05, 0.1) is 12.7 Å². The van der Waals surface area contributed by atoms with E-state index < -0.39 is 0 Å². The van der Waals surface area contributed by atoms with E-state index in [9.17, 15) is 0 Å². The first kappa shape index (κ1) is 17.3. The van der Waals surface area contributed by atoms with Crippen LogP contribution in [0.4, 0.5) is 10.8 Å². The van der Waals surface area contributed by atoms with Crippen molar-refractivity contribution in [2.75, 3.05) is 12.4 Å². The van der Waals surface area contributed by atoms with Crippen LogP contribution in [0.15, 0.2) is 60.9 Å². The van der Waals surface area contributed by atoms with Gasteiger partial charge < -0.3 is 15.0 Å². The zero-order chi connectivity index (χ0) is 18.6. The topological polar surface area (TPSA) is 62.8 Å². The summed E-state index contributed by atoms with van der Waals surface area (Å²) in [5.41, 5.74) is 4.16. The van der Waals surface area contributed by atoms with Gasteiger partial charge in [0.2, 0.25) is 0 Å². The Morgan fingerprint density at radius 2 is 1.93 bits per heavy atom. The smallest absolute Gasteiger partial charge is 0.187 e. The molecule has 0 fully saturated rings. The molecule has 0 aliphatic carbocycles. The minimum Gasteiger partial charge on any atom is -0.496 e. The van der Waals surface area contributed by atoms with Crippen LogP contribution in [-0.4, -0.2) is 22.1 Å². The number of aryl methyl sites for hydroxylation is 1. The summed E-state index contributed by atoms with van der Waals surface area (Å²) in [4.78, 5) is 13.3. The normalized spacial score (nSPS) is 10.7. The predicted octanol–water partition coefficient (Wildman–Crippen LogP) is 5.18. The maximum absolute atomic E-state index is 5.55. The highest BCUT2D eigenvalue weighted by molar-refractivity contribution is 7.15. The van der Waals surface area contributed by atoms with Gasteiger partial charge in [-0.05, 0) is 24.6 Å². The number of benzene rings is 2. The number of imidazole rings is 1. The quantitative estimate of drug-likeness (QED) is 0.486. The Balaban J connectivity index is 1.51. The molecule has 0 atom stereocenters. The van der Waals surface area contributed by atoms with E-state index in [2.05, 4.69) is 44.5 Å². The molecular formula is C21H20N4OS. The summed E-state index contributed by atoms with van der Waals surface area (Å²) in [6.45, 7) is 1.98. The van der Waals surface area contributed by atoms with Crippen molar-refractivity contribution < 1.29 is 4.74 Å². The number of rotatable bonds is 6. The monoisotopic (exact) mass is 376 g/mol. The van der Waals surface area contributed by atoms with Gasteiger partial charge in [0.25, 0.3) is 0 Å². The number of methoxy groups -OCH3 is 1. The Morgan fingerprint density at radius 3 is 2.67 bits per heavy atom. The van der Waals surface area contributed by atoms with Crippen LogP contribution in [0.25, 0.3) is 11.4 Å². The summed E-state index contributed by atoms with van der Waals surface area (Å²) in [6, 6.07) is 16.4. The molecule has 0 spiro atoms. The fourth-order valence-corrected chi connectivity index (χ4v) is 3.75. The summed E-state index contributed by atoms with van der Waals surface area (Å²) in [5, 5.41) is 4.23. The molecule has 4 aromatic rings. The number of nitrogens with zero attached hydrogens (tertiary/aromatic N) is 2. The van der Waals surface area contributed by atoms with Crippen molar-refractivity contribution in [3.05, 3.63) is 77.1 Å². The van der Waals surface area contributed by atoms with E-state index in [1.165, 1.54) is 10.4 Å². The van der Waals surface area contributed by atoms with Crippen LogP contribution in [0.1, 0.15) is 16.1 Å². The van der Waals surface area contributed by atoms with E-state index in [-0.39, 0.29) is 0 Å². The Hall–Kier alpha value is -3.12. The van der Waals surface area contributed by atoms with Crippen molar-refractivity contribution in [3.63, 3.8) is 0 Å². The highest BCUT2D eigenvalue weighted by atomic mass is 32.1. The van der Waals surface area contributed by atoms with Crippen LogP contribution >= 0.6 is 11.3 Å². The van der Waals surface area contributed by atoms with Crippen molar-refractivity contribution in [2.45, 2.75) is 13.3 Å². The fraction of sp³-hybridized carbons (Fsp3) is 0.143. The van der Waals surface area contributed by atoms with Crippen LogP contribution in [0.2, 0.25) is 0 Å². The van der Waals surface area contributed by atoms with E-state index in [4.69, 9.17) is 4.74 Å². The fourth-order valence-electron chi connectivity index (χ4n) is 2.88. The van der Waals surface area contributed by atoms with Gasteiger partial charge >= 0.3 is 0 Å².